The van der Waals surface area contributed by atoms with Gasteiger partial charge in [0.2, 0.25) is 0 Å². The first kappa shape index (κ1) is 18.7. The molecule has 4 nitrogen and oxygen atoms in total. The predicted octanol–water partition coefficient (Wildman–Crippen LogP) is 3.21. The molecule has 0 aliphatic heterocycles. The summed E-state index contributed by atoms with van der Waals surface area (Å²) in [7, 11) is 0. The zero-order valence-corrected chi connectivity index (χ0v) is 14.2. The van der Waals surface area contributed by atoms with E-state index < -0.39 is 23.1 Å². The van der Waals surface area contributed by atoms with E-state index in [1.54, 1.807) is 19.1 Å². The fourth-order valence-corrected chi connectivity index (χ4v) is 3.23. The lowest BCUT2D eigenvalue weighted by molar-refractivity contribution is -0.131. The summed E-state index contributed by atoms with van der Waals surface area (Å²) in [6.45, 7) is 9.42. The second-order valence-corrected chi connectivity index (χ2v) is 6.83. The highest BCUT2D eigenvalue weighted by Gasteiger charge is 2.48. The molecule has 0 bridgehead atoms. The van der Waals surface area contributed by atoms with Crippen molar-refractivity contribution in [2.24, 2.45) is 5.41 Å². The highest BCUT2D eigenvalue weighted by molar-refractivity contribution is 5.81. The van der Waals surface area contributed by atoms with Crippen LogP contribution >= 0.6 is 0 Å². The fraction of sp³-hybridized carbons (Fsp3) is 0.611. The van der Waals surface area contributed by atoms with Gasteiger partial charge in [-0.05, 0) is 49.5 Å². The number of hydrogen-bond donors (Lipinski definition) is 3. The van der Waals surface area contributed by atoms with Crippen LogP contribution in [0.1, 0.15) is 53.9 Å². The van der Waals surface area contributed by atoms with Gasteiger partial charge in [0.1, 0.15) is 5.60 Å². The number of carboxylic acid groups (broad SMARTS) is 1. The summed E-state index contributed by atoms with van der Waals surface area (Å²) in [6, 6.07) is 0. The van der Waals surface area contributed by atoms with Crippen molar-refractivity contribution in [2.45, 2.75) is 65.6 Å². The average Bonchev–Trinajstić information content (AvgIpc) is 2.38. The maximum atomic E-state index is 11.2. The minimum atomic E-state index is -1.19. The van der Waals surface area contributed by atoms with Gasteiger partial charge in [0.25, 0.3) is 0 Å². The summed E-state index contributed by atoms with van der Waals surface area (Å²) >= 11 is 0. The molecule has 0 spiro atoms. The predicted molar refractivity (Wildman–Crippen MR) is 87.5 cm³/mol. The number of rotatable bonds is 5. The molecule has 0 aromatic heterocycles. The minimum absolute atomic E-state index is 0.474. The number of aliphatic carboxylic acids is 1. The summed E-state index contributed by atoms with van der Waals surface area (Å²) in [5.74, 6) is -1.01. The monoisotopic (exact) mass is 308 g/mol. The van der Waals surface area contributed by atoms with Gasteiger partial charge in [-0.25, -0.2) is 4.79 Å². The van der Waals surface area contributed by atoms with Gasteiger partial charge in [-0.3, -0.25) is 0 Å². The summed E-state index contributed by atoms with van der Waals surface area (Å²) < 4.78 is 0. The van der Waals surface area contributed by atoms with Crippen molar-refractivity contribution < 1.29 is 20.1 Å². The first-order valence-corrected chi connectivity index (χ1v) is 7.76. The van der Waals surface area contributed by atoms with Crippen molar-refractivity contribution in [3.05, 3.63) is 34.9 Å². The Labute approximate surface area is 132 Å². The molecule has 22 heavy (non-hydrogen) atoms. The summed E-state index contributed by atoms with van der Waals surface area (Å²) in [5, 5.41) is 30.4. The van der Waals surface area contributed by atoms with Crippen LogP contribution in [0.2, 0.25) is 0 Å². The van der Waals surface area contributed by atoms with Crippen LogP contribution in [0.25, 0.3) is 0 Å². The Morgan fingerprint density at radius 3 is 2.50 bits per heavy atom. The Bertz CT molecular complexity index is 525. The van der Waals surface area contributed by atoms with E-state index in [1.165, 1.54) is 0 Å². The third-order valence-electron chi connectivity index (χ3n) is 4.65. The molecule has 0 saturated heterocycles. The first-order chi connectivity index (χ1) is 10.0. The molecule has 0 radical (unpaired) electrons. The molecule has 0 heterocycles. The van der Waals surface area contributed by atoms with Gasteiger partial charge in [0, 0.05) is 11.5 Å². The quantitative estimate of drug-likeness (QED) is 0.414. The van der Waals surface area contributed by atoms with Crippen molar-refractivity contribution >= 4 is 5.97 Å². The molecule has 0 aromatic rings. The molecule has 0 amide bonds. The van der Waals surface area contributed by atoms with E-state index in [-0.39, 0.29) is 0 Å². The lowest BCUT2D eigenvalue weighted by Gasteiger charge is -2.48. The number of aliphatic hydroxyl groups is 2. The third kappa shape index (κ3) is 3.68. The fourth-order valence-electron chi connectivity index (χ4n) is 3.23. The van der Waals surface area contributed by atoms with Gasteiger partial charge in [-0.15, -0.1) is 0 Å². The Kier molecular flexibility index (Phi) is 5.76. The summed E-state index contributed by atoms with van der Waals surface area (Å²) in [6.07, 6.45) is 6.02. The van der Waals surface area contributed by atoms with E-state index in [9.17, 15) is 15.0 Å². The van der Waals surface area contributed by atoms with E-state index >= 15 is 0 Å². The zero-order valence-electron chi connectivity index (χ0n) is 14.2. The molecular formula is C18H28O4. The van der Waals surface area contributed by atoms with Crippen molar-refractivity contribution in [2.75, 3.05) is 0 Å². The lowest BCUT2D eigenvalue weighted by atomic mass is 9.61. The maximum Gasteiger partial charge on any atom is 0.328 e. The van der Waals surface area contributed by atoms with Gasteiger partial charge < -0.3 is 15.3 Å². The van der Waals surface area contributed by atoms with Gasteiger partial charge >= 0.3 is 5.97 Å². The normalized spacial score (nSPS) is 29.2. The Morgan fingerprint density at radius 1 is 1.41 bits per heavy atom. The first-order valence-electron chi connectivity index (χ1n) is 7.76. The van der Waals surface area contributed by atoms with Gasteiger partial charge in [0.15, 0.2) is 0 Å². The van der Waals surface area contributed by atoms with Crippen LogP contribution in [0.3, 0.4) is 0 Å². The zero-order chi connectivity index (χ0) is 17.1. The van der Waals surface area contributed by atoms with E-state index in [1.807, 2.05) is 27.7 Å². The molecule has 2 atom stereocenters. The van der Waals surface area contributed by atoms with Crippen LogP contribution in [0, 0.1) is 5.41 Å². The number of hydrogen-bond acceptors (Lipinski definition) is 3. The smallest absolute Gasteiger partial charge is 0.328 e. The second-order valence-electron chi connectivity index (χ2n) is 6.83. The molecule has 4 heteroatoms. The van der Waals surface area contributed by atoms with Crippen LogP contribution in [-0.2, 0) is 4.79 Å². The largest absolute Gasteiger partial charge is 0.478 e. The molecule has 1 aliphatic carbocycles. The number of allylic oxidation sites excluding steroid dienone is 2. The van der Waals surface area contributed by atoms with E-state index in [0.717, 1.165) is 30.1 Å². The van der Waals surface area contributed by atoms with Gasteiger partial charge in [-0.1, -0.05) is 33.3 Å². The number of carboxylic acids is 1. The molecule has 3 N–H and O–H groups in total. The lowest BCUT2D eigenvalue weighted by Crippen LogP contribution is -2.50. The van der Waals surface area contributed by atoms with Crippen molar-refractivity contribution in [1.29, 1.82) is 0 Å². The highest BCUT2D eigenvalue weighted by atomic mass is 16.4. The van der Waals surface area contributed by atoms with Crippen molar-refractivity contribution in [1.82, 2.24) is 0 Å². The SMILES string of the molecule is CCCC1=C(C)C(O)(/C=C/C(C)=C/C(=O)O)C(C)(C)CC1O. The topological polar surface area (TPSA) is 77.8 Å². The molecule has 0 fully saturated rings. The highest BCUT2D eigenvalue weighted by Crippen LogP contribution is 2.48. The molecular weight excluding hydrogens is 280 g/mol. The van der Waals surface area contributed by atoms with Crippen LogP contribution < -0.4 is 0 Å². The Hall–Kier alpha value is -1.39. The molecule has 0 aromatic carbocycles. The average molecular weight is 308 g/mol. The van der Waals surface area contributed by atoms with E-state index in [2.05, 4.69) is 0 Å². The van der Waals surface area contributed by atoms with Crippen LogP contribution in [0.5, 0.6) is 0 Å². The summed E-state index contributed by atoms with van der Waals surface area (Å²) in [4.78, 5) is 10.7. The van der Waals surface area contributed by atoms with E-state index in [4.69, 9.17) is 5.11 Å². The van der Waals surface area contributed by atoms with Crippen molar-refractivity contribution in [3.63, 3.8) is 0 Å². The molecule has 1 rings (SSSR count). The molecule has 0 saturated carbocycles. The standard InChI is InChI=1S/C18H28O4/c1-6-7-14-13(3)18(22,17(4,5)11-15(14)19)9-8-12(2)10-16(20)21/h8-10,15,19,22H,6-7,11H2,1-5H3,(H,20,21)/b9-8+,12-10+. The van der Waals surface area contributed by atoms with Crippen LogP contribution in [0.15, 0.2) is 34.9 Å². The Morgan fingerprint density at radius 2 is 2.00 bits per heavy atom. The van der Waals surface area contributed by atoms with Crippen molar-refractivity contribution in [3.8, 4) is 0 Å². The van der Waals surface area contributed by atoms with Crippen LogP contribution in [0.4, 0.5) is 0 Å². The molecule has 2 unspecified atom stereocenters. The summed E-state index contributed by atoms with van der Waals surface area (Å²) in [5.41, 5.74) is 0.511. The maximum absolute atomic E-state index is 11.2. The number of aliphatic hydroxyl groups excluding tert-OH is 1. The Balaban J connectivity index is 3.31. The minimum Gasteiger partial charge on any atom is -0.478 e. The molecule has 124 valence electrons. The van der Waals surface area contributed by atoms with Crippen LogP contribution in [-0.4, -0.2) is 33.0 Å². The molecule has 1 aliphatic rings. The third-order valence-corrected chi connectivity index (χ3v) is 4.65. The van der Waals surface area contributed by atoms with E-state index in [0.29, 0.717) is 12.0 Å². The van der Waals surface area contributed by atoms with Gasteiger partial charge in [-0.2, -0.15) is 0 Å². The second kappa shape index (κ2) is 6.80. The number of carbonyl (C=O) groups is 1. The van der Waals surface area contributed by atoms with Gasteiger partial charge in [0.05, 0.1) is 6.10 Å².